The van der Waals surface area contributed by atoms with Gasteiger partial charge in [-0.2, -0.15) is 13.2 Å². The van der Waals surface area contributed by atoms with E-state index in [-0.39, 0.29) is 13.2 Å². The van der Waals surface area contributed by atoms with Crippen molar-refractivity contribution in [3.05, 3.63) is 23.8 Å². The van der Waals surface area contributed by atoms with Crippen molar-refractivity contribution in [3.63, 3.8) is 0 Å². The first-order valence-electron chi connectivity index (χ1n) is 5.54. The number of hydrogen-bond donors (Lipinski definition) is 0. The SMILES string of the molecule is O=S(=O)(Cl)C(Cc1ccc2c(c1)OCO2)CC(F)(F)F. The molecule has 0 aromatic heterocycles. The molecule has 0 saturated carbocycles. The molecule has 1 aromatic carbocycles. The van der Waals surface area contributed by atoms with Crippen LogP contribution in [-0.4, -0.2) is 26.6 Å². The second kappa shape index (κ2) is 5.33. The summed E-state index contributed by atoms with van der Waals surface area (Å²) in [7, 11) is 0.758. The molecule has 112 valence electrons. The molecule has 0 fully saturated rings. The Bertz CT molecular complexity index is 600. The molecular weight excluding hydrogens is 321 g/mol. The van der Waals surface area contributed by atoms with Crippen LogP contribution in [0.25, 0.3) is 0 Å². The maximum atomic E-state index is 12.4. The number of halogens is 4. The highest BCUT2D eigenvalue weighted by atomic mass is 35.7. The molecule has 0 aliphatic carbocycles. The van der Waals surface area contributed by atoms with E-state index >= 15 is 0 Å². The first-order valence-corrected chi connectivity index (χ1v) is 7.91. The Morgan fingerprint density at radius 2 is 1.90 bits per heavy atom. The van der Waals surface area contributed by atoms with Crippen LogP contribution in [0.4, 0.5) is 13.2 Å². The van der Waals surface area contributed by atoms with Gasteiger partial charge in [0.25, 0.3) is 0 Å². The molecule has 2 rings (SSSR count). The highest BCUT2D eigenvalue weighted by molar-refractivity contribution is 8.14. The maximum absolute atomic E-state index is 12.4. The number of rotatable bonds is 4. The Hall–Kier alpha value is -1.15. The highest BCUT2D eigenvalue weighted by Crippen LogP contribution is 2.34. The van der Waals surface area contributed by atoms with Gasteiger partial charge in [-0.3, -0.25) is 0 Å². The molecule has 0 bridgehead atoms. The fraction of sp³-hybridized carbons (Fsp3) is 0.455. The summed E-state index contributed by atoms with van der Waals surface area (Å²) in [6.45, 7) is 0.0264. The third-order valence-corrected chi connectivity index (χ3v) is 4.64. The molecule has 9 heteroatoms. The van der Waals surface area contributed by atoms with Gasteiger partial charge in [-0.15, -0.1) is 0 Å². The number of benzene rings is 1. The van der Waals surface area contributed by atoms with E-state index < -0.39 is 26.9 Å². The van der Waals surface area contributed by atoms with Crippen LogP contribution in [0, 0.1) is 0 Å². The fourth-order valence-electron chi connectivity index (χ4n) is 1.86. The molecule has 4 nitrogen and oxygen atoms in total. The Kier molecular flexibility index (Phi) is 4.06. The predicted molar refractivity (Wildman–Crippen MR) is 65.5 cm³/mol. The average Bonchev–Trinajstić information content (AvgIpc) is 2.72. The largest absolute Gasteiger partial charge is 0.454 e. The van der Waals surface area contributed by atoms with Crippen LogP contribution in [0.2, 0.25) is 0 Å². The number of alkyl halides is 3. The number of fused-ring (bicyclic) bond motifs is 1. The lowest BCUT2D eigenvalue weighted by atomic mass is 10.1. The van der Waals surface area contributed by atoms with E-state index in [1.165, 1.54) is 18.2 Å². The smallest absolute Gasteiger partial charge is 0.390 e. The van der Waals surface area contributed by atoms with Crippen molar-refractivity contribution in [1.29, 1.82) is 0 Å². The highest BCUT2D eigenvalue weighted by Gasteiger charge is 2.37. The molecule has 20 heavy (non-hydrogen) atoms. The maximum Gasteiger partial charge on any atom is 0.390 e. The molecule has 0 amide bonds. The zero-order valence-electron chi connectivity index (χ0n) is 9.98. The van der Waals surface area contributed by atoms with Crippen LogP contribution in [0.3, 0.4) is 0 Å². The van der Waals surface area contributed by atoms with E-state index in [0.717, 1.165) is 0 Å². The minimum atomic E-state index is -4.61. The molecule has 1 aliphatic rings. The van der Waals surface area contributed by atoms with Crippen LogP contribution >= 0.6 is 10.7 Å². The summed E-state index contributed by atoms with van der Waals surface area (Å²) in [6.07, 6.45) is -6.45. The molecule has 0 saturated heterocycles. The van der Waals surface area contributed by atoms with Gasteiger partial charge in [0.1, 0.15) is 0 Å². The standard InChI is InChI=1S/C11H10ClF3O4S/c12-20(16,17)8(5-11(13,14)15)3-7-1-2-9-10(4-7)19-6-18-9/h1-2,4,8H,3,5-6H2. The second-order valence-corrected chi connectivity index (χ2v) is 7.22. The van der Waals surface area contributed by atoms with Gasteiger partial charge in [-0.05, 0) is 24.1 Å². The summed E-state index contributed by atoms with van der Waals surface area (Å²) < 4.78 is 69.8. The molecule has 1 heterocycles. The van der Waals surface area contributed by atoms with Crippen molar-refractivity contribution in [2.75, 3.05) is 6.79 Å². The van der Waals surface area contributed by atoms with E-state index in [2.05, 4.69) is 0 Å². The molecule has 1 aliphatic heterocycles. The summed E-state index contributed by atoms with van der Waals surface area (Å²) in [6, 6.07) is 4.45. The summed E-state index contributed by atoms with van der Waals surface area (Å²) in [5, 5.41) is -1.73. The molecule has 0 radical (unpaired) electrons. The first-order chi connectivity index (χ1) is 9.15. The molecule has 1 atom stereocenters. The fourth-order valence-corrected chi connectivity index (χ4v) is 3.02. The van der Waals surface area contributed by atoms with E-state index in [4.69, 9.17) is 20.2 Å². The lowest BCUT2D eigenvalue weighted by Crippen LogP contribution is -2.26. The van der Waals surface area contributed by atoms with Crippen molar-refractivity contribution < 1.29 is 31.1 Å². The first kappa shape index (κ1) is 15.2. The van der Waals surface area contributed by atoms with Crippen molar-refractivity contribution >= 4 is 19.7 Å². The van der Waals surface area contributed by atoms with E-state index in [1.807, 2.05) is 0 Å². The summed E-state index contributed by atoms with van der Waals surface area (Å²) in [4.78, 5) is 0. The van der Waals surface area contributed by atoms with Crippen LogP contribution in [0.1, 0.15) is 12.0 Å². The minimum absolute atomic E-state index is 0.0264. The average molecular weight is 331 g/mol. The van der Waals surface area contributed by atoms with E-state index in [9.17, 15) is 21.6 Å². The van der Waals surface area contributed by atoms with Gasteiger partial charge in [-0.1, -0.05) is 6.07 Å². The van der Waals surface area contributed by atoms with Gasteiger partial charge >= 0.3 is 6.18 Å². The van der Waals surface area contributed by atoms with Crippen molar-refractivity contribution in [3.8, 4) is 11.5 Å². The zero-order valence-corrected chi connectivity index (χ0v) is 11.6. The second-order valence-electron chi connectivity index (χ2n) is 4.31. The topological polar surface area (TPSA) is 52.6 Å². The Balaban J connectivity index is 2.20. The number of hydrogen-bond acceptors (Lipinski definition) is 4. The van der Waals surface area contributed by atoms with Crippen molar-refractivity contribution in [2.24, 2.45) is 0 Å². The van der Waals surface area contributed by atoms with E-state index in [1.54, 1.807) is 0 Å². The summed E-state index contributed by atoms with van der Waals surface area (Å²) >= 11 is 0. The normalized spacial score (nSPS) is 16.2. The van der Waals surface area contributed by atoms with Crippen molar-refractivity contribution in [1.82, 2.24) is 0 Å². The zero-order chi connectivity index (χ0) is 15.0. The van der Waals surface area contributed by atoms with Gasteiger partial charge in [0.15, 0.2) is 11.5 Å². The summed E-state index contributed by atoms with van der Waals surface area (Å²) in [5.41, 5.74) is 0.382. The third kappa shape index (κ3) is 3.92. The minimum Gasteiger partial charge on any atom is -0.454 e. The van der Waals surface area contributed by atoms with Gasteiger partial charge in [0, 0.05) is 10.7 Å². The van der Waals surface area contributed by atoms with Crippen LogP contribution in [0.15, 0.2) is 18.2 Å². The Morgan fingerprint density at radius 1 is 1.25 bits per heavy atom. The van der Waals surface area contributed by atoms with Crippen LogP contribution in [-0.2, 0) is 15.5 Å². The van der Waals surface area contributed by atoms with Gasteiger partial charge in [0.05, 0.1) is 11.7 Å². The Morgan fingerprint density at radius 3 is 2.50 bits per heavy atom. The lowest BCUT2D eigenvalue weighted by Gasteiger charge is -2.16. The lowest BCUT2D eigenvalue weighted by molar-refractivity contribution is -0.134. The third-order valence-electron chi connectivity index (χ3n) is 2.76. The monoisotopic (exact) mass is 330 g/mol. The molecular formula is C11H10ClF3O4S. The molecule has 1 aromatic rings. The predicted octanol–water partition coefficient (Wildman–Crippen LogP) is 2.85. The number of ether oxygens (including phenoxy) is 2. The van der Waals surface area contributed by atoms with Crippen molar-refractivity contribution in [2.45, 2.75) is 24.3 Å². The quantitative estimate of drug-likeness (QED) is 0.797. The van der Waals surface area contributed by atoms with E-state index in [0.29, 0.717) is 17.1 Å². The van der Waals surface area contributed by atoms with Gasteiger partial charge in [-0.25, -0.2) is 8.42 Å². The van der Waals surface area contributed by atoms with Gasteiger partial charge < -0.3 is 9.47 Å². The molecule has 0 N–H and O–H groups in total. The summed E-state index contributed by atoms with van der Waals surface area (Å²) in [5.74, 6) is 0.843. The Labute approximate surface area is 117 Å². The molecule has 1 unspecified atom stereocenters. The molecule has 0 spiro atoms. The van der Waals surface area contributed by atoms with Crippen LogP contribution in [0.5, 0.6) is 11.5 Å². The van der Waals surface area contributed by atoms with Crippen LogP contribution < -0.4 is 9.47 Å². The van der Waals surface area contributed by atoms with Gasteiger partial charge in [0.2, 0.25) is 15.8 Å².